The minimum atomic E-state index is -0.267. The number of aryl methyl sites for hydroxylation is 1. The molecule has 0 fully saturated rings. The van der Waals surface area contributed by atoms with Gasteiger partial charge in [-0.3, -0.25) is 4.98 Å². The first-order valence-electron chi connectivity index (χ1n) is 6.60. The second-order valence-corrected chi connectivity index (χ2v) is 5.54. The lowest BCUT2D eigenvalue weighted by atomic mass is 9.97. The summed E-state index contributed by atoms with van der Waals surface area (Å²) >= 11 is 6.05. The number of halogens is 1. The van der Waals surface area contributed by atoms with Crippen LogP contribution >= 0.6 is 11.6 Å². The summed E-state index contributed by atoms with van der Waals surface area (Å²) in [6, 6.07) is 7.40. The summed E-state index contributed by atoms with van der Waals surface area (Å²) in [5, 5.41) is 0.684. The molecule has 1 unspecified atom stereocenters. The van der Waals surface area contributed by atoms with E-state index in [4.69, 9.17) is 22.1 Å². The molecule has 2 aromatic rings. The molecule has 1 aromatic carbocycles. The Morgan fingerprint density at radius 2 is 1.95 bits per heavy atom. The van der Waals surface area contributed by atoms with E-state index in [1.165, 1.54) is 0 Å². The normalized spacial score (nSPS) is 12.5. The summed E-state index contributed by atoms with van der Waals surface area (Å²) in [6.07, 6.45) is 3.57. The van der Waals surface area contributed by atoms with E-state index in [0.29, 0.717) is 5.02 Å². The standard InChI is InChI=1S/C16H19ClN2O/c1-10(2)20-14-6-12(8-19-9-14)16(18)15-7-13(17)5-4-11(15)3/h4-10,16H,18H2,1-3H3. The van der Waals surface area contributed by atoms with E-state index in [1.807, 2.05) is 45.0 Å². The van der Waals surface area contributed by atoms with Crippen LogP contribution in [0.25, 0.3) is 0 Å². The molecule has 0 aliphatic carbocycles. The molecule has 0 radical (unpaired) electrons. The Balaban J connectivity index is 2.33. The first-order chi connectivity index (χ1) is 9.47. The highest BCUT2D eigenvalue weighted by molar-refractivity contribution is 6.30. The largest absolute Gasteiger partial charge is 0.489 e. The van der Waals surface area contributed by atoms with E-state index in [0.717, 1.165) is 22.4 Å². The van der Waals surface area contributed by atoms with Gasteiger partial charge < -0.3 is 10.5 Å². The van der Waals surface area contributed by atoms with Crippen molar-refractivity contribution in [1.29, 1.82) is 0 Å². The average Bonchev–Trinajstić information content (AvgIpc) is 2.40. The van der Waals surface area contributed by atoms with Crippen molar-refractivity contribution in [2.45, 2.75) is 32.9 Å². The molecule has 0 bridgehead atoms. The molecule has 4 heteroatoms. The molecule has 106 valence electrons. The molecule has 2 N–H and O–H groups in total. The molecule has 2 rings (SSSR count). The Kier molecular flexibility index (Phi) is 4.63. The highest BCUT2D eigenvalue weighted by Gasteiger charge is 2.13. The monoisotopic (exact) mass is 290 g/mol. The van der Waals surface area contributed by atoms with Gasteiger partial charge in [-0.15, -0.1) is 0 Å². The fraction of sp³-hybridized carbons (Fsp3) is 0.312. The first-order valence-corrected chi connectivity index (χ1v) is 6.98. The van der Waals surface area contributed by atoms with Gasteiger partial charge in [0, 0.05) is 11.2 Å². The van der Waals surface area contributed by atoms with Gasteiger partial charge in [-0.05, 0) is 55.7 Å². The van der Waals surface area contributed by atoms with Crippen molar-refractivity contribution >= 4 is 11.6 Å². The predicted octanol–water partition coefficient (Wildman–Crippen LogP) is 3.88. The Morgan fingerprint density at radius 3 is 2.65 bits per heavy atom. The van der Waals surface area contributed by atoms with Crippen LogP contribution in [0, 0.1) is 6.92 Å². The van der Waals surface area contributed by atoms with Gasteiger partial charge in [0.2, 0.25) is 0 Å². The molecule has 1 heterocycles. The van der Waals surface area contributed by atoms with Crippen molar-refractivity contribution in [2.24, 2.45) is 5.73 Å². The maximum atomic E-state index is 6.33. The van der Waals surface area contributed by atoms with Crippen LogP contribution in [-0.2, 0) is 0 Å². The topological polar surface area (TPSA) is 48.1 Å². The molecule has 0 saturated carbocycles. The summed E-state index contributed by atoms with van der Waals surface area (Å²) in [7, 11) is 0. The van der Waals surface area contributed by atoms with Crippen LogP contribution in [0.2, 0.25) is 5.02 Å². The second kappa shape index (κ2) is 6.25. The number of hydrogen-bond donors (Lipinski definition) is 1. The van der Waals surface area contributed by atoms with Crippen molar-refractivity contribution in [1.82, 2.24) is 4.98 Å². The average molecular weight is 291 g/mol. The van der Waals surface area contributed by atoms with Gasteiger partial charge in [0.15, 0.2) is 0 Å². The Bertz CT molecular complexity index is 599. The number of hydrogen-bond acceptors (Lipinski definition) is 3. The number of benzene rings is 1. The van der Waals surface area contributed by atoms with E-state index >= 15 is 0 Å². The van der Waals surface area contributed by atoms with Crippen molar-refractivity contribution in [2.75, 3.05) is 0 Å². The molecule has 0 amide bonds. The molecule has 3 nitrogen and oxygen atoms in total. The van der Waals surface area contributed by atoms with Crippen molar-refractivity contribution in [3.8, 4) is 5.75 Å². The van der Waals surface area contributed by atoms with Crippen LogP contribution in [0.4, 0.5) is 0 Å². The highest BCUT2D eigenvalue weighted by atomic mass is 35.5. The molecular weight excluding hydrogens is 272 g/mol. The maximum Gasteiger partial charge on any atom is 0.138 e. The molecule has 1 atom stereocenters. The van der Waals surface area contributed by atoms with E-state index in [1.54, 1.807) is 12.4 Å². The van der Waals surface area contributed by atoms with Gasteiger partial charge in [-0.25, -0.2) is 0 Å². The third-order valence-corrected chi connectivity index (χ3v) is 3.28. The van der Waals surface area contributed by atoms with E-state index in [2.05, 4.69) is 4.98 Å². The fourth-order valence-electron chi connectivity index (χ4n) is 2.07. The zero-order valence-corrected chi connectivity index (χ0v) is 12.7. The molecule has 20 heavy (non-hydrogen) atoms. The lowest BCUT2D eigenvalue weighted by Crippen LogP contribution is -2.14. The lowest BCUT2D eigenvalue weighted by molar-refractivity contribution is 0.241. The van der Waals surface area contributed by atoms with Gasteiger partial charge in [0.25, 0.3) is 0 Å². The van der Waals surface area contributed by atoms with Crippen LogP contribution in [0.5, 0.6) is 5.75 Å². The van der Waals surface area contributed by atoms with Crippen LogP contribution in [-0.4, -0.2) is 11.1 Å². The number of aromatic nitrogens is 1. The summed E-state index contributed by atoms with van der Waals surface area (Å²) in [6.45, 7) is 5.98. The third kappa shape index (κ3) is 3.50. The van der Waals surface area contributed by atoms with Gasteiger partial charge in [-0.1, -0.05) is 17.7 Å². The van der Waals surface area contributed by atoms with Crippen molar-refractivity contribution < 1.29 is 4.74 Å². The number of nitrogens with two attached hydrogens (primary N) is 1. The first kappa shape index (κ1) is 14.8. The summed E-state index contributed by atoms with van der Waals surface area (Å²) in [4.78, 5) is 4.20. The Labute approximate surface area is 124 Å². The van der Waals surface area contributed by atoms with Crippen LogP contribution in [0.3, 0.4) is 0 Å². The van der Waals surface area contributed by atoms with Crippen molar-refractivity contribution in [3.63, 3.8) is 0 Å². The van der Waals surface area contributed by atoms with Crippen LogP contribution < -0.4 is 10.5 Å². The quantitative estimate of drug-likeness (QED) is 0.929. The van der Waals surface area contributed by atoms with Gasteiger partial charge in [0.05, 0.1) is 18.3 Å². The van der Waals surface area contributed by atoms with E-state index in [-0.39, 0.29) is 12.1 Å². The Morgan fingerprint density at radius 1 is 1.20 bits per heavy atom. The smallest absolute Gasteiger partial charge is 0.138 e. The number of rotatable bonds is 4. The zero-order chi connectivity index (χ0) is 14.7. The predicted molar refractivity (Wildman–Crippen MR) is 82.2 cm³/mol. The summed E-state index contributed by atoms with van der Waals surface area (Å²) in [5.74, 6) is 0.729. The van der Waals surface area contributed by atoms with Gasteiger partial charge in [-0.2, -0.15) is 0 Å². The van der Waals surface area contributed by atoms with E-state index in [9.17, 15) is 0 Å². The zero-order valence-electron chi connectivity index (χ0n) is 11.9. The molecule has 0 spiro atoms. The van der Waals surface area contributed by atoms with Crippen LogP contribution in [0.15, 0.2) is 36.7 Å². The SMILES string of the molecule is Cc1ccc(Cl)cc1C(N)c1cncc(OC(C)C)c1. The summed E-state index contributed by atoms with van der Waals surface area (Å²) in [5.41, 5.74) is 9.35. The second-order valence-electron chi connectivity index (χ2n) is 5.10. The number of ether oxygens (including phenoxy) is 1. The Hall–Kier alpha value is -1.58. The molecule has 0 aliphatic rings. The van der Waals surface area contributed by atoms with Crippen LogP contribution in [0.1, 0.15) is 36.6 Å². The minimum absolute atomic E-state index is 0.108. The highest BCUT2D eigenvalue weighted by Crippen LogP contribution is 2.27. The van der Waals surface area contributed by atoms with E-state index < -0.39 is 0 Å². The molecule has 0 saturated heterocycles. The molecule has 0 aliphatic heterocycles. The maximum absolute atomic E-state index is 6.33. The molecule has 1 aromatic heterocycles. The molecular formula is C16H19ClN2O. The van der Waals surface area contributed by atoms with Gasteiger partial charge >= 0.3 is 0 Å². The lowest BCUT2D eigenvalue weighted by Gasteiger charge is -2.17. The minimum Gasteiger partial charge on any atom is -0.489 e. The third-order valence-electron chi connectivity index (χ3n) is 3.04. The van der Waals surface area contributed by atoms with Gasteiger partial charge in [0.1, 0.15) is 5.75 Å². The summed E-state index contributed by atoms with van der Waals surface area (Å²) < 4.78 is 5.65. The van der Waals surface area contributed by atoms with Crippen molar-refractivity contribution in [3.05, 3.63) is 58.4 Å². The number of nitrogens with zero attached hydrogens (tertiary/aromatic N) is 1. The fourth-order valence-corrected chi connectivity index (χ4v) is 2.25. The number of pyridine rings is 1.